The second kappa shape index (κ2) is 5.96. The van der Waals surface area contributed by atoms with Gasteiger partial charge in [0.05, 0.1) is 12.7 Å². The van der Waals surface area contributed by atoms with E-state index >= 15 is 0 Å². The maximum absolute atomic E-state index is 5.87. The molecule has 0 aliphatic carbocycles. The number of piperidine rings is 1. The fourth-order valence-corrected chi connectivity index (χ4v) is 3.19. The van der Waals surface area contributed by atoms with Gasteiger partial charge in [0.1, 0.15) is 9.34 Å². The van der Waals surface area contributed by atoms with Crippen LogP contribution in [-0.2, 0) is 6.54 Å². The zero-order valence-electron chi connectivity index (χ0n) is 9.58. The molecule has 1 aliphatic heterocycles. The highest BCUT2D eigenvalue weighted by Gasteiger charge is 2.19. The molecule has 0 amide bonds. The second-order valence-electron chi connectivity index (χ2n) is 4.34. The fourth-order valence-electron chi connectivity index (χ4n) is 2.19. The lowest BCUT2D eigenvalue weighted by Gasteiger charge is -2.31. The summed E-state index contributed by atoms with van der Waals surface area (Å²) in [7, 11) is 2.03. The van der Waals surface area contributed by atoms with Crippen LogP contribution in [0.4, 0.5) is 0 Å². The molecule has 1 saturated heterocycles. The molecule has 1 fully saturated rings. The van der Waals surface area contributed by atoms with Crippen molar-refractivity contribution in [2.24, 2.45) is 5.92 Å². The SMILES string of the molecule is CNCC1CCN(Cc2ncc(Cl)s2)CC1. The molecular formula is C11H18ClN3S. The molecule has 0 aromatic carbocycles. The van der Waals surface area contributed by atoms with Crippen LogP contribution in [0.15, 0.2) is 6.20 Å². The Labute approximate surface area is 106 Å². The van der Waals surface area contributed by atoms with Crippen LogP contribution < -0.4 is 5.32 Å². The van der Waals surface area contributed by atoms with Crippen molar-refractivity contribution < 1.29 is 0 Å². The van der Waals surface area contributed by atoms with Crippen molar-refractivity contribution in [3.8, 4) is 0 Å². The first kappa shape index (κ1) is 12.3. The Hall–Kier alpha value is -0.160. The van der Waals surface area contributed by atoms with E-state index in [1.807, 2.05) is 7.05 Å². The molecular weight excluding hydrogens is 242 g/mol. The number of aromatic nitrogens is 1. The summed E-state index contributed by atoms with van der Waals surface area (Å²) in [4.78, 5) is 6.77. The third kappa shape index (κ3) is 3.42. The van der Waals surface area contributed by atoms with Crippen LogP contribution in [0.5, 0.6) is 0 Å². The van der Waals surface area contributed by atoms with Crippen molar-refractivity contribution in [2.75, 3.05) is 26.7 Å². The number of nitrogens with one attached hydrogen (secondary N) is 1. The summed E-state index contributed by atoms with van der Waals surface area (Å²) in [6, 6.07) is 0. The molecule has 1 aromatic rings. The first-order valence-electron chi connectivity index (χ1n) is 5.75. The molecule has 1 aromatic heterocycles. The van der Waals surface area contributed by atoms with E-state index in [0.29, 0.717) is 0 Å². The van der Waals surface area contributed by atoms with Crippen molar-refractivity contribution in [3.63, 3.8) is 0 Å². The maximum atomic E-state index is 5.87. The number of thiazole rings is 1. The molecule has 0 bridgehead atoms. The fraction of sp³-hybridized carbons (Fsp3) is 0.727. The summed E-state index contributed by atoms with van der Waals surface area (Å²) in [5, 5.41) is 4.40. The lowest BCUT2D eigenvalue weighted by Crippen LogP contribution is -2.36. The van der Waals surface area contributed by atoms with Crippen LogP contribution >= 0.6 is 22.9 Å². The standard InChI is InChI=1S/C11H18ClN3S/c1-13-6-9-2-4-15(5-3-9)8-11-14-7-10(12)16-11/h7,9,13H,2-6,8H2,1H3. The van der Waals surface area contributed by atoms with Gasteiger partial charge in [-0.05, 0) is 45.4 Å². The molecule has 90 valence electrons. The van der Waals surface area contributed by atoms with Crippen molar-refractivity contribution in [1.82, 2.24) is 15.2 Å². The Morgan fingerprint density at radius 3 is 2.88 bits per heavy atom. The van der Waals surface area contributed by atoms with E-state index < -0.39 is 0 Å². The van der Waals surface area contributed by atoms with E-state index in [2.05, 4.69) is 15.2 Å². The first-order valence-corrected chi connectivity index (χ1v) is 6.94. The van der Waals surface area contributed by atoms with Crippen molar-refractivity contribution in [3.05, 3.63) is 15.5 Å². The van der Waals surface area contributed by atoms with E-state index in [0.717, 1.165) is 28.4 Å². The van der Waals surface area contributed by atoms with Gasteiger partial charge in [-0.3, -0.25) is 4.90 Å². The normalized spacial score (nSPS) is 19.1. The lowest BCUT2D eigenvalue weighted by molar-refractivity contribution is 0.176. The van der Waals surface area contributed by atoms with Gasteiger partial charge in [-0.2, -0.15) is 0 Å². The maximum Gasteiger partial charge on any atom is 0.113 e. The number of rotatable bonds is 4. The molecule has 0 spiro atoms. The van der Waals surface area contributed by atoms with Crippen LogP contribution in [0.2, 0.25) is 4.34 Å². The van der Waals surface area contributed by atoms with Crippen molar-refractivity contribution in [2.45, 2.75) is 19.4 Å². The average molecular weight is 260 g/mol. The quantitative estimate of drug-likeness (QED) is 0.899. The van der Waals surface area contributed by atoms with Crippen LogP contribution in [0, 0.1) is 5.92 Å². The number of halogens is 1. The van der Waals surface area contributed by atoms with E-state index in [-0.39, 0.29) is 0 Å². The molecule has 5 heteroatoms. The van der Waals surface area contributed by atoms with Gasteiger partial charge in [0.2, 0.25) is 0 Å². The van der Waals surface area contributed by atoms with Crippen LogP contribution in [0.25, 0.3) is 0 Å². The largest absolute Gasteiger partial charge is 0.319 e. The summed E-state index contributed by atoms with van der Waals surface area (Å²) in [6.07, 6.45) is 4.33. The Balaban J connectivity index is 1.77. The number of likely N-dealkylation sites (tertiary alicyclic amines) is 1. The Bertz CT molecular complexity index is 321. The minimum absolute atomic E-state index is 0.792. The van der Waals surface area contributed by atoms with E-state index in [9.17, 15) is 0 Å². The van der Waals surface area contributed by atoms with Gasteiger partial charge in [-0.25, -0.2) is 4.98 Å². The minimum atomic E-state index is 0.792. The number of hydrogen-bond acceptors (Lipinski definition) is 4. The summed E-state index contributed by atoms with van der Waals surface area (Å²) < 4.78 is 0.792. The van der Waals surface area contributed by atoms with Gasteiger partial charge >= 0.3 is 0 Å². The average Bonchev–Trinajstić information content (AvgIpc) is 2.67. The minimum Gasteiger partial charge on any atom is -0.319 e. The highest BCUT2D eigenvalue weighted by atomic mass is 35.5. The molecule has 0 radical (unpaired) electrons. The first-order chi connectivity index (χ1) is 7.78. The zero-order valence-corrected chi connectivity index (χ0v) is 11.2. The Morgan fingerprint density at radius 1 is 1.56 bits per heavy atom. The Kier molecular flexibility index (Phi) is 4.58. The molecule has 3 nitrogen and oxygen atoms in total. The predicted molar refractivity (Wildman–Crippen MR) is 69.1 cm³/mol. The molecule has 0 unspecified atom stereocenters. The number of nitrogens with zero attached hydrogens (tertiary/aromatic N) is 2. The summed E-state index contributed by atoms with van der Waals surface area (Å²) >= 11 is 7.46. The molecule has 1 aliphatic rings. The summed E-state index contributed by atoms with van der Waals surface area (Å²) in [5.41, 5.74) is 0. The highest BCUT2D eigenvalue weighted by Crippen LogP contribution is 2.22. The lowest BCUT2D eigenvalue weighted by atomic mass is 9.97. The summed E-state index contributed by atoms with van der Waals surface area (Å²) in [5.74, 6) is 0.848. The van der Waals surface area contributed by atoms with Gasteiger partial charge in [0, 0.05) is 0 Å². The molecule has 16 heavy (non-hydrogen) atoms. The molecule has 2 heterocycles. The molecule has 1 N–H and O–H groups in total. The predicted octanol–water partition coefficient (Wildman–Crippen LogP) is 2.23. The van der Waals surface area contributed by atoms with E-state index in [1.165, 1.54) is 25.9 Å². The highest BCUT2D eigenvalue weighted by molar-refractivity contribution is 7.15. The van der Waals surface area contributed by atoms with E-state index in [1.54, 1.807) is 17.5 Å². The van der Waals surface area contributed by atoms with Crippen LogP contribution in [-0.4, -0.2) is 36.6 Å². The summed E-state index contributed by atoms with van der Waals surface area (Å²) in [6.45, 7) is 4.48. The monoisotopic (exact) mass is 259 g/mol. The van der Waals surface area contributed by atoms with Crippen LogP contribution in [0.1, 0.15) is 17.8 Å². The van der Waals surface area contributed by atoms with Gasteiger partial charge in [-0.15, -0.1) is 11.3 Å². The van der Waals surface area contributed by atoms with Crippen molar-refractivity contribution >= 4 is 22.9 Å². The Morgan fingerprint density at radius 2 is 2.31 bits per heavy atom. The van der Waals surface area contributed by atoms with Gasteiger partial charge in [0.25, 0.3) is 0 Å². The third-order valence-electron chi connectivity index (χ3n) is 3.08. The van der Waals surface area contributed by atoms with Crippen molar-refractivity contribution in [1.29, 1.82) is 0 Å². The van der Waals surface area contributed by atoms with Crippen LogP contribution in [0.3, 0.4) is 0 Å². The smallest absolute Gasteiger partial charge is 0.113 e. The van der Waals surface area contributed by atoms with E-state index in [4.69, 9.17) is 11.6 Å². The number of hydrogen-bond donors (Lipinski definition) is 1. The third-order valence-corrected chi connectivity index (χ3v) is 4.18. The van der Waals surface area contributed by atoms with Gasteiger partial charge < -0.3 is 5.32 Å². The molecule has 2 rings (SSSR count). The molecule has 0 atom stereocenters. The molecule has 0 saturated carbocycles. The zero-order chi connectivity index (χ0) is 11.4. The topological polar surface area (TPSA) is 28.2 Å². The van der Waals surface area contributed by atoms with Gasteiger partial charge in [0.15, 0.2) is 0 Å². The second-order valence-corrected chi connectivity index (χ2v) is 6.08. The van der Waals surface area contributed by atoms with Gasteiger partial charge in [-0.1, -0.05) is 11.6 Å².